The van der Waals surface area contributed by atoms with Crippen molar-refractivity contribution in [2.24, 2.45) is 0 Å². The molecule has 10 rings (SSSR count). The van der Waals surface area contributed by atoms with Crippen LogP contribution < -0.4 is 16.1 Å². The predicted molar refractivity (Wildman–Crippen MR) is 279 cm³/mol. The van der Waals surface area contributed by atoms with Gasteiger partial charge in [0.25, 0.3) is 0 Å². The Labute approximate surface area is 422 Å². The van der Waals surface area contributed by atoms with E-state index >= 15 is 0 Å². The Morgan fingerprint density at radius 1 is 0.485 bits per heavy atom. The molecule has 0 saturated carbocycles. The van der Waals surface area contributed by atoms with Crippen molar-refractivity contribution in [3.05, 3.63) is 206 Å². The third-order valence-corrected chi connectivity index (χ3v) is 11.6. The van der Waals surface area contributed by atoms with Gasteiger partial charge in [-0.1, -0.05) is 76.7 Å². The van der Waals surface area contributed by atoms with E-state index < -0.39 is 18.8 Å². The van der Waals surface area contributed by atoms with Crippen LogP contribution in [0.25, 0.3) is 55.7 Å². The Balaban J connectivity index is 0.000000155. The summed E-state index contributed by atoms with van der Waals surface area (Å²) in [5, 5.41) is 26.7. The topological polar surface area (TPSA) is 142 Å². The minimum absolute atomic E-state index is 0.0282. The lowest BCUT2D eigenvalue weighted by Crippen LogP contribution is -2.29. The maximum atomic E-state index is 13.6. The molecule has 0 saturated heterocycles. The van der Waals surface area contributed by atoms with Crippen LogP contribution in [-0.2, 0) is 0 Å². The predicted octanol–water partition coefficient (Wildman–Crippen LogP) is 13.4. The van der Waals surface area contributed by atoms with Gasteiger partial charge in [-0.3, -0.25) is 9.97 Å². The van der Waals surface area contributed by atoms with Crippen LogP contribution in [0.2, 0.25) is 20.1 Å². The minimum atomic E-state index is -1.43. The van der Waals surface area contributed by atoms with E-state index in [0.717, 1.165) is 47.6 Å². The molecule has 0 unspecified atom stereocenters. The van der Waals surface area contributed by atoms with Crippen molar-refractivity contribution in [1.29, 1.82) is 0 Å². The first-order chi connectivity index (χ1) is 32.9. The number of pyridine rings is 2. The molecular weight excluding hydrogens is 1060 g/mol. The van der Waals surface area contributed by atoms with Crippen molar-refractivity contribution in [3.8, 4) is 33.9 Å². The van der Waals surface area contributed by atoms with Gasteiger partial charge in [0.15, 0.2) is 11.6 Å². The number of nitrogens with zero attached hydrogens (tertiary/aromatic N) is 6. The average Bonchev–Trinajstić information content (AvgIpc) is 3.34. The lowest BCUT2D eigenvalue weighted by Gasteiger charge is -2.13. The van der Waals surface area contributed by atoms with Crippen molar-refractivity contribution in [3.63, 3.8) is 0 Å². The van der Waals surface area contributed by atoms with Gasteiger partial charge in [-0.15, -0.1) is 0 Å². The van der Waals surface area contributed by atoms with Gasteiger partial charge in [-0.2, -0.15) is 0 Å². The van der Waals surface area contributed by atoms with E-state index in [9.17, 15) is 8.78 Å². The first-order valence-electron chi connectivity index (χ1n) is 20.3. The number of hydrogen-bond donors (Lipinski definition) is 4. The maximum Gasteiger partial charge on any atom is 0.488 e. The van der Waals surface area contributed by atoms with Gasteiger partial charge in [-0.05, 0) is 154 Å². The minimum Gasteiger partial charge on any atom is -0.423 e. The molecule has 6 aromatic carbocycles. The molecule has 68 heavy (non-hydrogen) atoms. The summed E-state index contributed by atoms with van der Waals surface area (Å²) >= 11 is 25.9. The zero-order valence-corrected chi connectivity index (χ0v) is 40.1. The van der Waals surface area contributed by atoms with Crippen molar-refractivity contribution in [2.75, 3.05) is 10.6 Å². The van der Waals surface area contributed by atoms with Crippen molar-refractivity contribution >= 4 is 126 Å². The van der Waals surface area contributed by atoms with Crippen LogP contribution in [-0.4, -0.2) is 47.1 Å². The summed E-state index contributed by atoms with van der Waals surface area (Å²) < 4.78 is 28.1. The van der Waals surface area contributed by atoms with E-state index in [1.165, 1.54) is 30.3 Å². The quantitative estimate of drug-likeness (QED) is 0.0858. The fourth-order valence-electron chi connectivity index (χ4n) is 6.60. The highest BCUT2D eigenvalue weighted by Crippen LogP contribution is 2.34. The summed E-state index contributed by atoms with van der Waals surface area (Å²) in [6.07, 6.45) is 6.82. The molecule has 0 aliphatic rings. The molecule has 0 amide bonds. The van der Waals surface area contributed by atoms with Crippen LogP contribution in [0.1, 0.15) is 0 Å². The first-order valence-corrected chi connectivity index (χ1v) is 22.9. The van der Waals surface area contributed by atoms with Gasteiger partial charge in [0.05, 0.1) is 21.1 Å². The van der Waals surface area contributed by atoms with Crippen LogP contribution in [0.15, 0.2) is 170 Å². The maximum absolute atomic E-state index is 13.6. The van der Waals surface area contributed by atoms with Gasteiger partial charge < -0.3 is 20.7 Å². The molecule has 4 heterocycles. The van der Waals surface area contributed by atoms with Gasteiger partial charge in [0.1, 0.15) is 23.3 Å². The molecular formula is C50H32BCl4F2IN8O2. The normalized spacial score (nSPS) is 10.7. The molecule has 0 radical (unpaired) electrons. The third kappa shape index (κ3) is 12.2. The summed E-state index contributed by atoms with van der Waals surface area (Å²) in [6, 6.07) is 42.3. The second-order valence-corrected chi connectivity index (χ2v) is 17.5. The van der Waals surface area contributed by atoms with E-state index in [0.29, 0.717) is 50.2 Å². The summed E-state index contributed by atoms with van der Waals surface area (Å²) in [5.74, 6) is 1.33. The number of anilines is 4. The lowest BCUT2D eigenvalue weighted by atomic mass is 9.81. The molecule has 0 aliphatic heterocycles. The van der Waals surface area contributed by atoms with Crippen LogP contribution in [0.5, 0.6) is 0 Å². The average molecular weight is 1090 g/mol. The summed E-state index contributed by atoms with van der Waals surface area (Å²) in [4.78, 5) is 27.1. The summed E-state index contributed by atoms with van der Waals surface area (Å²) in [7, 11) is -1.43. The summed E-state index contributed by atoms with van der Waals surface area (Å²) in [5.41, 5.74) is 6.77. The molecule has 0 aliphatic carbocycles. The Bertz CT molecular complexity index is 3410. The number of fused-ring (bicyclic) bond motifs is 2. The zero-order chi connectivity index (χ0) is 47.7. The largest absolute Gasteiger partial charge is 0.488 e. The van der Waals surface area contributed by atoms with Gasteiger partial charge in [-0.25, -0.2) is 28.7 Å². The van der Waals surface area contributed by atoms with E-state index in [4.69, 9.17) is 66.4 Å². The standard InChI is InChI=1S/C25H15Cl2FN4.C19H11ClFIN4.C6H6BClO2/c26-18-5-1-3-15(11-18)16-6-9-23-20(12-16)25(30-19-7-8-22(28)21(27)13-19)32-24(31-23)17-4-2-10-29-14-17;20-15-9-13(4-5-16(15)21)24-19-14-8-12(22)3-6-17(14)25-18(26-19)11-2-1-7-23-10-11;8-6-3-1-2-5(4-6)7(9)10/h1-14H,(H,30,31,32);1-10H,(H,24,25,26);1-4,9-10H. The van der Waals surface area contributed by atoms with E-state index in [1.54, 1.807) is 55.1 Å². The Morgan fingerprint density at radius 3 is 1.47 bits per heavy atom. The number of halogens is 7. The smallest absolute Gasteiger partial charge is 0.423 e. The Morgan fingerprint density at radius 2 is 0.985 bits per heavy atom. The molecule has 4 N–H and O–H groups in total. The highest BCUT2D eigenvalue weighted by atomic mass is 127. The number of aromatic nitrogens is 6. The second-order valence-electron chi connectivity index (χ2n) is 14.6. The fraction of sp³-hybridized carbons (Fsp3) is 0. The van der Waals surface area contributed by atoms with Crippen LogP contribution in [0.4, 0.5) is 31.8 Å². The SMILES string of the molecule is Fc1ccc(Nc2nc(-c3cccnc3)nc3ccc(-c4cccc(Cl)c4)cc23)cc1Cl.Fc1ccc(Nc2nc(-c3cccnc3)nc3ccc(I)cc23)cc1Cl.OB(O)c1cccc(Cl)c1. The van der Waals surface area contributed by atoms with E-state index in [1.807, 2.05) is 84.9 Å². The second kappa shape index (κ2) is 22.2. The van der Waals surface area contributed by atoms with Crippen LogP contribution in [0.3, 0.4) is 0 Å². The van der Waals surface area contributed by atoms with Crippen LogP contribution in [0, 0.1) is 15.2 Å². The highest BCUT2D eigenvalue weighted by molar-refractivity contribution is 14.1. The highest BCUT2D eigenvalue weighted by Gasteiger charge is 2.15. The fourth-order valence-corrected chi connectivity index (χ4v) is 7.85. The first kappa shape index (κ1) is 48.1. The number of hydrogen-bond acceptors (Lipinski definition) is 10. The third-order valence-electron chi connectivity index (χ3n) is 9.86. The number of rotatable bonds is 8. The molecule has 336 valence electrons. The van der Waals surface area contributed by atoms with E-state index in [2.05, 4.69) is 53.2 Å². The van der Waals surface area contributed by atoms with Crippen molar-refractivity contribution in [1.82, 2.24) is 29.9 Å². The Hall–Kier alpha value is -6.37. The van der Waals surface area contributed by atoms with E-state index in [-0.39, 0.29) is 10.0 Å². The Kier molecular flexibility index (Phi) is 15.7. The van der Waals surface area contributed by atoms with Crippen molar-refractivity contribution in [2.45, 2.75) is 0 Å². The molecule has 10 aromatic rings. The number of nitrogens with one attached hydrogen (secondary N) is 2. The summed E-state index contributed by atoms with van der Waals surface area (Å²) in [6.45, 7) is 0. The number of benzene rings is 6. The molecule has 10 nitrogen and oxygen atoms in total. The lowest BCUT2D eigenvalue weighted by molar-refractivity contribution is 0.426. The molecule has 0 fully saturated rings. The van der Waals surface area contributed by atoms with Gasteiger partial charge in [0, 0.05) is 71.7 Å². The molecule has 0 spiro atoms. The molecule has 0 atom stereocenters. The monoisotopic (exact) mass is 1090 g/mol. The van der Waals surface area contributed by atoms with Gasteiger partial charge in [0.2, 0.25) is 0 Å². The molecule has 18 heteroatoms. The van der Waals surface area contributed by atoms with Gasteiger partial charge >= 0.3 is 7.12 Å². The molecule has 0 bridgehead atoms. The van der Waals surface area contributed by atoms with Crippen LogP contribution >= 0.6 is 69.0 Å². The zero-order valence-electron chi connectivity index (χ0n) is 35.0. The van der Waals surface area contributed by atoms with Crippen molar-refractivity contribution < 1.29 is 18.8 Å². The molecule has 4 aromatic heterocycles.